The van der Waals surface area contributed by atoms with Gasteiger partial charge in [-0.1, -0.05) is 31.4 Å². The van der Waals surface area contributed by atoms with Crippen molar-refractivity contribution < 1.29 is 9.59 Å². The van der Waals surface area contributed by atoms with Crippen molar-refractivity contribution in [2.24, 2.45) is 0 Å². The van der Waals surface area contributed by atoms with Gasteiger partial charge in [-0.3, -0.25) is 9.59 Å². The zero-order valence-electron chi connectivity index (χ0n) is 12.0. The standard InChI is InChI=1S/C16H21N3O2/c17-12-6-4-11(5-7-12)10-13-14(20)19-16(15(21)18-13)8-2-1-3-9-16/h4-7,13H,1-3,8-10,17H2,(H,18,21)(H,19,20)/t13-/m0/s1. The maximum atomic E-state index is 12.4. The fraction of sp³-hybridized carbons (Fsp3) is 0.500. The molecule has 2 aliphatic rings. The molecule has 1 aromatic carbocycles. The van der Waals surface area contributed by atoms with Gasteiger partial charge in [0.25, 0.3) is 0 Å². The third kappa shape index (κ3) is 2.73. The molecule has 0 unspecified atom stereocenters. The Bertz CT molecular complexity index is 547. The number of amides is 2. The zero-order chi connectivity index (χ0) is 14.9. The van der Waals surface area contributed by atoms with Crippen LogP contribution in [0.25, 0.3) is 0 Å². The lowest BCUT2D eigenvalue weighted by atomic mass is 9.79. The molecule has 1 aromatic rings. The van der Waals surface area contributed by atoms with E-state index in [0.29, 0.717) is 12.1 Å². The minimum atomic E-state index is -0.660. The second-order valence-electron chi connectivity index (χ2n) is 6.10. The van der Waals surface area contributed by atoms with Crippen LogP contribution in [0.5, 0.6) is 0 Å². The van der Waals surface area contributed by atoms with Crippen molar-refractivity contribution in [3.05, 3.63) is 29.8 Å². The Morgan fingerprint density at radius 3 is 2.43 bits per heavy atom. The molecule has 3 rings (SSSR count). The topological polar surface area (TPSA) is 84.2 Å². The Morgan fingerprint density at radius 1 is 1.10 bits per heavy atom. The minimum Gasteiger partial charge on any atom is -0.399 e. The molecule has 1 heterocycles. The van der Waals surface area contributed by atoms with Gasteiger partial charge in [0.1, 0.15) is 11.6 Å². The summed E-state index contributed by atoms with van der Waals surface area (Å²) in [5, 5.41) is 5.90. The lowest BCUT2D eigenvalue weighted by molar-refractivity contribution is -0.143. The number of carbonyl (C=O) groups excluding carboxylic acids is 2. The van der Waals surface area contributed by atoms with Crippen LogP contribution in [0, 0.1) is 0 Å². The van der Waals surface area contributed by atoms with Crippen LogP contribution < -0.4 is 16.4 Å². The highest BCUT2D eigenvalue weighted by molar-refractivity contribution is 6.00. The average Bonchev–Trinajstić information content (AvgIpc) is 2.48. The largest absolute Gasteiger partial charge is 0.399 e. The van der Waals surface area contributed by atoms with Gasteiger partial charge in [0.2, 0.25) is 11.8 Å². The third-order valence-electron chi connectivity index (χ3n) is 4.55. The Labute approximate surface area is 124 Å². The number of hydrogen-bond donors (Lipinski definition) is 3. The van der Waals surface area contributed by atoms with Crippen LogP contribution in [0.2, 0.25) is 0 Å². The van der Waals surface area contributed by atoms with E-state index in [0.717, 1.165) is 37.7 Å². The molecule has 112 valence electrons. The van der Waals surface area contributed by atoms with E-state index >= 15 is 0 Å². The summed E-state index contributed by atoms with van der Waals surface area (Å²) in [6.07, 6.45) is 5.12. The monoisotopic (exact) mass is 287 g/mol. The molecule has 1 saturated heterocycles. The Kier molecular flexibility index (Phi) is 3.57. The van der Waals surface area contributed by atoms with Crippen LogP contribution in [0.15, 0.2) is 24.3 Å². The van der Waals surface area contributed by atoms with Gasteiger partial charge in [0.05, 0.1) is 0 Å². The van der Waals surface area contributed by atoms with Crippen LogP contribution in [-0.4, -0.2) is 23.4 Å². The fourth-order valence-corrected chi connectivity index (χ4v) is 3.28. The summed E-state index contributed by atoms with van der Waals surface area (Å²) in [4.78, 5) is 24.8. The molecule has 0 radical (unpaired) electrons. The predicted molar refractivity (Wildman–Crippen MR) is 80.4 cm³/mol. The fourth-order valence-electron chi connectivity index (χ4n) is 3.28. The molecular weight excluding hydrogens is 266 g/mol. The molecule has 1 saturated carbocycles. The molecular formula is C16H21N3O2. The first kappa shape index (κ1) is 13.9. The molecule has 21 heavy (non-hydrogen) atoms. The number of nitrogens with two attached hydrogens (primary N) is 1. The van der Waals surface area contributed by atoms with Crippen LogP contribution in [0.4, 0.5) is 5.69 Å². The van der Waals surface area contributed by atoms with Crippen molar-refractivity contribution in [3.63, 3.8) is 0 Å². The number of carbonyl (C=O) groups is 2. The highest BCUT2D eigenvalue weighted by Gasteiger charge is 2.46. The minimum absolute atomic E-state index is 0.0257. The van der Waals surface area contributed by atoms with Gasteiger partial charge in [-0.25, -0.2) is 0 Å². The first-order chi connectivity index (χ1) is 10.1. The molecule has 0 aromatic heterocycles. The Balaban J connectivity index is 1.70. The highest BCUT2D eigenvalue weighted by Crippen LogP contribution is 2.30. The SMILES string of the molecule is Nc1ccc(C[C@@H]2NC(=O)C3(CCCCC3)NC2=O)cc1. The number of benzene rings is 1. The molecule has 4 N–H and O–H groups in total. The summed E-state index contributed by atoms with van der Waals surface area (Å²) >= 11 is 0. The molecule has 0 bridgehead atoms. The van der Waals surface area contributed by atoms with E-state index in [1.54, 1.807) is 12.1 Å². The van der Waals surface area contributed by atoms with E-state index < -0.39 is 11.6 Å². The first-order valence-corrected chi connectivity index (χ1v) is 7.56. The van der Waals surface area contributed by atoms with Crippen molar-refractivity contribution in [1.82, 2.24) is 10.6 Å². The van der Waals surface area contributed by atoms with Crippen molar-refractivity contribution in [1.29, 1.82) is 0 Å². The Morgan fingerprint density at radius 2 is 1.76 bits per heavy atom. The number of anilines is 1. The van der Waals surface area contributed by atoms with Crippen LogP contribution >= 0.6 is 0 Å². The second-order valence-corrected chi connectivity index (χ2v) is 6.10. The average molecular weight is 287 g/mol. The number of nitrogens with one attached hydrogen (secondary N) is 2. The summed E-state index contributed by atoms with van der Waals surface area (Å²) in [7, 11) is 0. The molecule has 1 aliphatic carbocycles. The van der Waals surface area contributed by atoms with Gasteiger partial charge in [0, 0.05) is 12.1 Å². The van der Waals surface area contributed by atoms with Gasteiger partial charge in [-0.05, 0) is 30.5 Å². The maximum Gasteiger partial charge on any atom is 0.246 e. The lowest BCUT2D eigenvalue weighted by Crippen LogP contribution is -2.70. The van der Waals surface area contributed by atoms with Gasteiger partial charge >= 0.3 is 0 Å². The number of hydrogen-bond acceptors (Lipinski definition) is 3. The molecule has 2 amide bonds. The van der Waals surface area contributed by atoms with E-state index in [-0.39, 0.29) is 11.8 Å². The molecule has 5 heteroatoms. The van der Waals surface area contributed by atoms with Crippen molar-refractivity contribution in [2.45, 2.75) is 50.1 Å². The van der Waals surface area contributed by atoms with Crippen LogP contribution in [0.3, 0.4) is 0 Å². The number of piperazine rings is 1. The van der Waals surface area contributed by atoms with Gasteiger partial charge in [-0.2, -0.15) is 0 Å². The van der Waals surface area contributed by atoms with Crippen LogP contribution in [-0.2, 0) is 16.0 Å². The third-order valence-corrected chi connectivity index (χ3v) is 4.55. The molecule has 1 atom stereocenters. The molecule has 1 aliphatic heterocycles. The smallest absolute Gasteiger partial charge is 0.246 e. The molecule has 5 nitrogen and oxygen atoms in total. The molecule has 2 fully saturated rings. The number of rotatable bonds is 2. The summed E-state index contributed by atoms with van der Waals surface area (Å²) in [6.45, 7) is 0. The highest BCUT2D eigenvalue weighted by atomic mass is 16.2. The van der Waals surface area contributed by atoms with Gasteiger partial charge < -0.3 is 16.4 Å². The van der Waals surface area contributed by atoms with E-state index in [1.165, 1.54) is 0 Å². The Hall–Kier alpha value is -2.04. The predicted octanol–water partition coefficient (Wildman–Crippen LogP) is 1.13. The van der Waals surface area contributed by atoms with E-state index in [2.05, 4.69) is 10.6 Å². The van der Waals surface area contributed by atoms with Crippen molar-refractivity contribution in [2.75, 3.05) is 5.73 Å². The summed E-state index contributed by atoms with van der Waals surface area (Å²) < 4.78 is 0. The van der Waals surface area contributed by atoms with E-state index in [1.807, 2.05) is 12.1 Å². The van der Waals surface area contributed by atoms with Crippen LogP contribution in [0.1, 0.15) is 37.7 Å². The summed E-state index contributed by atoms with van der Waals surface area (Å²) in [6, 6.07) is 6.90. The maximum absolute atomic E-state index is 12.4. The summed E-state index contributed by atoms with van der Waals surface area (Å²) in [5.74, 6) is -0.101. The van der Waals surface area contributed by atoms with E-state index in [4.69, 9.17) is 5.73 Å². The normalized spacial score (nSPS) is 24.5. The van der Waals surface area contributed by atoms with E-state index in [9.17, 15) is 9.59 Å². The van der Waals surface area contributed by atoms with Crippen molar-refractivity contribution in [3.8, 4) is 0 Å². The lowest BCUT2D eigenvalue weighted by Gasteiger charge is -2.42. The van der Waals surface area contributed by atoms with Gasteiger partial charge in [-0.15, -0.1) is 0 Å². The van der Waals surface area contributed by atoms with Crippen molar-refractivity contribution >= 4 is 17.5 Å². The van der Waals surface area contributed by atoms with Gasteiger partial charge in [0.15, 0.2) is 0 Å². The summed E-state index contributed by atoms with van der Waals surface area (Å²) in [5.41, 5.74) is 6.68. The number of nitrogen functional groups attached to an aromatic ring is 1. The zero-order valence-corrected chi connectivity index (χ0v) is 12.0. The quantitative estimate of drug-likeness (QED) is 0.713. The first-order valence-electron chi connectivity index (χ1n) is 7.56. The second kappa shape index (κ2) is 5.39. The molecule has 1 spiro atoms.